The van der Waals surface area contributed by atoms with Crippen molar-refractivity contribution in [1.29, 1.82) is 0 Å². The number of halogens is 1. The van der Waals surface area contributed by atoms with Gasteiger partial charge >= 0.3 is 5.63 Å². The van der Waals surface area contributed by atoms with Crippen molar-refractivity contribution >= 4 is 32.6 Å². The quantitative estimate of drug-likeness (QED) is 0.385. The fourth-order valence-corrected chi connectivity index (χ4v) is 3.94. The van der Waals surface area contributed by atoms with Crippen molar-refractivity contribution in [2.75, 3.05) is 5.73 Å². The van der Waals surface area contributed by atoms with Crippen LogP contribution in [0.5, 0.6) is 11.6 Å². The molecule has 0 amide bonds. The molecule has 7 heteroatoms. The number of nitrogens with two attached hydrogens (primary N) is 1. The SMILES string of the molecule is Nc1cc(=O)[nH]c2c1[C@@H](c1ccc(Br)cc1)c1c(c3ccccc3oc1=O)O2. The number of H-pyrrole nitrogens is 1. The topological polar surface area (TPSA) is 98.3 Å². The molecule has 2 aromatic heterocycles. The van der Waals surface area contributed by atoms with E-state index < -0.39 is 11.5 Å². The molecule has 0 bridgehead atoms. The van der Waals surface area contributed by atoms with Crippen molar-refractivity contribution in [2.45, 2.75) is 5.92 Å². The first-order valence-corrected chi connectivity index (χ1v) is 9.34. The third kappa shape index (κ3) is 2.47. The van der Waals surface area contributed by atoms with Crippen LogP contribution in [0.25, 0.3) is 11.0 Å². The van der Waals surface area contributed by atoms with E-state index in [4.69, 9.17) is 14.9 Å². The van der Waals surface area contributed by atoms with Crippen LogP contribution < -0.4 is 21.7 Å². The number of hydrogen-bond acceptors (Lipinski definition) is 5. The molecule has 0 fully saturated rings. The first kappa shape index (κ1) is 16.8. The maximum Gasteiger partial charge on any atom is 0.344 e. The van der Waals surface area contributed by atoms with Crippen molar-refractivity contribution in [1.82, 2.24) is 4.98 Å². The van der Waals surface area contributed by atoms with Gasteiger partial charge in [0.25, 0.3) is 5.56 Å². The van der Waals surface area contributed by atoms with Gasteiger partial charge in [0, 0.05) is 21.8 Å². The summed E-state index contributed by atoms with van der Waals surface area (Å²) in [5.74, 6) is 0.0687. The Morgan fingerprint density at radius 1 is 1.00 bits per heavy atom. The first-order valence-electron chi connectivity index (χ1n) is 8.54. The van der Waals surface area contributed by atoms with E-state index >= 15 is 0 Å². The molecule has 5 rings (SSSR count). The zero-order chi connectivity index (χ0) is 19.4. The van der Waals surface area contributed by atoms with Crippen LogP contribution in [0.2, 0.25) is 0 Å². The highest BCUT2D eigenvalue weighted by molar-refractivity contribution is 9.10. The summed E-state index contributed by atoms with van der Waals surface area (Å²) in [5, 5.41) is 0.646. The van der Waals surface area contributed by atoms with E-state index in [-0.39, 0.29) is 17.1 Å². The van der Waals surface area contributed by atoms with Crippen molar-refractivity contribution in [2.24, 2.45) is 0 Å². The Labute approximate surface area is 166 Å². The summed E-state index contributed by atoms with van der Waals surface area (Å²) < 4.78 is 12.5. The van der Waals surface area contributed by atoms with Crippen molar-refractivity contribution in [3.63, 3.8) is 0 Å². The van der Waals surface area contributed by atoms with Crippen molar-refractivity contribution in [3.8, 4) is 11.6 Å². The van der Waals surface area contributed by atoms with E-state index in [2.05, 4.69) is 20.9 Å². The van der Waals surface area contributed by atoms with Gasteiger partial charge in [-0.2, -0.15) is 0 Å². The lowest BCUT2D eigenvalue weighted by Crippen LogP contribution is -2.24. The number of aromatic amines is 1. The van der Waals surface area contributed by atoms with E-state index in [9.17, 15) is 9.59 Å². The summed E-state index contributed by atoms with van der Waals surface area (Å²) in [6.07, 6.45) is 0. The van der Waals surface area contributed by atoms with Gasteiger partial charge in [-0.05, 0) is 29.8 Å². The van der Waals surface area contributed by atoms with E-state index in [1.165, 1.54) is 6.07 Å². The van der Waals surface area contributed by atoms with Gasteiger partial charge in [-0.1, -0.05) is 40.2 Å². The minimum atomic E-state index is -0.537. The van der Waals surface area contributed by atoms with Gasteiger partial charge in [-0.15, -0.1) is 0 Å². The first-order chi connectivity index (χ1) is 13.5. The molecular weight excluding hydrogens is 424 g/mol. The van der Waals surface area contributed by atoms with Gasteiger partial charge in [0.15, 0.2) is 5.75 Å². The van der Waals surface area contributed by atoms with Crippen LogP contribution in [0.4, 0.5) is 5.69 Å². The Morgan fingerprint density at radius 2 is 1.75 bits per heavy atom. The molecule has 0 spiro atoms. The second kappa shape index (κ2) is 6.10. The molecule has 6 nitrogen and oxygen atoms in total. The predicted molar refractivity (Wildman–Crippen MR) is 109 cm³/mol. The summed E-state index contributed by atoms with van der Waals surface area (Å²) in [5.41, 5.74) is 7.69. The van der Waals surface area contributed by atoms with Crippen LogP contribution in [0, 0.1) is 0 Å². The van der Waals surface area contributed by atoms with Gasteiger partial charge in [0.1, 0.15) is 5.58 Å². The highest BCUT2D eigenvalue weighted by Crippen LogP contribution is 2.49. The maximum atomic E-state index is 12.9. The van der Waals surface area contributed by atoms with Gasteiger partial charge in [0.05, 0.1) is 16.9 Å². The van der Waals surface area contributed by atoms with Crippen LogP contribution in [0.3, 0.4) is 0 Å². The molecular formula is C21H13BrN2O4. The molecule has 0 saturated heterocycles. The number of fused-ring (bicyclic) bond motifs is 4. The van der Waals surface area contributed by atoms with E-state index in [1.807, 2.05) is 36.4 Å². The summed E-state index contributed by atoms with van der Waals surface area (Å²) in [7, 11) is 0. The number of rotatable bonds is 1. The third-order valence-corrected chi connectivity index (χ3v) is 5.39. The Bertz CT molecular complexity index is 1360. The lowest BCUT2D eigenvalue weighted by atomic mass is 9.83. The molecule has 2 aromatic carbocycles. The number of hydrogen-bond donors (Lipinski definition) is 2. The number of nitrogens with one attached hydrogen (secondary N) is 1. The largest absolute Gasteiger partial charge is 0.439 e. The number of pyridine rings is 1. The van der Waals surface area contributed by atoms with Gasteiger partial charge in [-0.3, -0.25) is 9.78 Å². The molecule has 0 saturated carbocycles. The van der Waals surface area contributed by atoms with Crippen molar-refractivity contribution in [3.05, 3.63) is 96.5 Å². The second-order valence-electron chi connectivity index (χ2n) is 6.55. The fourth-order valence-electron chi connectivity index (χ4n) is 3.67. The average Bonchev–Trinajstić information content (AvgIpc) is 2.67. The Balaban J connectivity index is 1.91. The molecule has 1 aliphatic heterocycles. The number of benzene rings is 2. The number of nitrogen functional groups attached to an aromatic ring is 1. The zero-order valence-electron chi connectivity index (χ0n) is 14.4. The summed E-state index contributed by atoms with van der Waals surface area (Å²) in [6.45, 7) is 0. The van der Waals surface area contributed by atoms with E-state index in [0.717, 1.165) is 10.0 Å². The van der Waals surface area contributed by atoms with Gasteiger partial charge < -0.3 is 14.9 Å². The molecule has 3 N–H and O–H groups in total. The Hall–Kier alpha value is -3.32. The van der Waals surface area contributed by atoms with Crippen LogP contribution in [-0.2, 0) is 0 Å². The minimum absolute atomic E-state index is 0.237. The van der Waals surface area contributed by atoms with Crippen LogP contribution in [0.1, 0.15) is 22.6 Å². The molecule has 4 aromatic rings. The lowest BCUT2D eigenvalue weighted by Gasteiger charge is -2.28. The van der Waals surface area contributed by atoms with Crippen molar-refractivity contribution < 1.29 is 9.15 Å². The van der Waals surface area contributed by atoms with Crippen LogP contribution in [0.15, 0.2) is 73.1 Å². The minimum Gasteiger partial charge on any atom is -0.439 e. The third-order valence-electron chi connectivity index (χ3n) is 4.86. The monoisotopic (exact) mass is 436 g/mol. The Morgan fingerprint density at radius 3 is 2.54 bits per heavy atom. The molecule has 28 heavy (non-hydrogen) atoms. The molecule has 138 valence electrons. The second-order valence-corrected chi connectivity index (χ2v) is 7.46. The normalized spacial score (nSPS) is 15.0. The summed E-state index contributed by atoms with van der Waals surface area (Å²) in [6, 6.07) is 16.0. The van der Waals surface area contributed by atoms with Gasteiger partial charge in [0.2, 0.25) is 5.88 Å². The number of anilines is 1. The number of aromatic nitrogens is 1. The van der Waals surface area contributed by atoms with Crippen LogP contribution in [-0.4, -0.2) is 4.98 Å². The van der Waals surface area contributed by atoms with Crippen LogP contribution >= 0.6 is 15.9 Å². The standard InChI is InChI=1S/C21H13BrN2O4/c22-11-7-5-10(6-8-11)16-17-13(23)9-15(25)24-20(17)28-19-12-3-1-2-4-14(12)27-21(26)18(16)19/h1-9,16H,(H3,23,24,25)/t16-/m1/s1. The smallest absolute Gasteiger partial charge is 0.344 e. The van der Waals surface area contributed by atoms with Gasteiger partial charge in [-0.25, -0.2) is 4.79 Å². The summed E-state index contributed by atoms with van der Waals surface area (Å²) >= 11 is 3.43. The van der Waals surface area contributed by atoms with E-state index in [1.54, 1.807) is 12.1 Å². The zero-order valence-corrected chi connectivity index (χ0v) is 15.9. The van der Waals surface area contributed by atoms with E-state index in [0.29, 0.717) is 27.8 Å². The molecule has 3 heterocycles. The molecule has 1 aliphatic rings. The molecule has 0 unspecified atom stereocenters. The predicted octanol–water partition coefficient (Wildman–Crippen LogP) is 4.11. The molecule has 0 aliphatic carbocycles. The highest BCUT2D eigenvalue weighted by Gasteiger charge is 2.36. The lowest BCUT2D eigenvalue weighted by molar-refractivity contribution is 0.423. The fraction of sp³-hybridized carbons (Fsp3) is 0.0476. The molecule has 0 radical (unpaired) electrons. The number of para-hydroxylation sites is 1. The average molecular weight is 437 g/mol. The summed E-state index contributed by atoms with van der Waals surface area (Å²) in [4.78, 5) is 27.6. The molecule has 1 atom stereocenters. The maximum absolute atomic E-state index is 12.9. The highest BCUT2D eigenvalue weighted by atomic mass is 79.9. The number of ether oxygens (including phenoxy) is 1. The Kier molecular flexibility index (Phi) is 3.67.